The molecule has 5 unspecified atom stereocenters. The van der Waals surface area contributed by atoms with Gasteiger partial charge in [-0.2, -0.15) is 0 Å². The highest BCUT2D eigenvalue weighted by Gasteiger charge is 2.42. The molecule has 2 heterocycles. The van der Waals surface area contributed by atoms with Crippen LogP contribution in [0.15, 0.2) is 12.2 Å². The van der Waals surface area contributed by atoms with E-state index in [0.29, 0.717) is 0 Å². The summed E-state index contributed by atoms with van der Waals surface area (Å²) >= 11 is 0. The molecule has 0 aromatic heterocycles. The number of hydrogen-bond acceptors (Lipinski definition) is 5. The first-order valence-electron chi connectivity index (χ1n) is 15.1. The van der Waals surface area contributed by atoms with Crippen molar-refractivity contribution in [3.8, 4) is 0 Å². The largest absolute Gasteiger partial charge is 0.389 e. The minimum atomic E-state index is -0.334. The van der Waals surface area contributed by atoms with Gasteiger partial charge >= 0.3 is 0 Å². The molecule has 0 spiro atoms. The molecular formula is C30H54O5. The maximum Gasteiger partial charge on any atom is 0.157 e. The summed E-state index contributed by atoms with van der Waals surface area (Å²) < 4.78 is 24.0. The Labute approximate surface area is 215 Å². The van der Waals surface area contributed by atoms with Crippen LogP contribution in [-0.2, 0) is 18.9 Å². The van der Waals surface area contributed by atoms with Crippen molar-refractivity contribution in [2.75, 3.05) is 19.8 Å². The first-order chi connectivity index (χ1) is 17.2. The molecule has 204 valence electrons. The molecule has 0 radical (unpaired) electrons. The molecule has 3 fully saturated rings. The summed E-state index contributed by atoms with van der Waals surface area (Å²) in [6.07, 6.45) is 26.2. The van der Waals surface area contributed by atoms with E-state index in [9.17, 15) is 5.11 Å². The summed E-state index contributed by atoms with van der Waals surface area (Å²) in [7, 11) is 0. The normalized spacial score (nSPS) is 30.7. The fourth-order valence-corrected chi connectivity index (χ4v) is 5.98. The third-order valence-corrected chi connectivity index (χ3v) is 8.19. The van der Waals surface area contributed by atoms with Gasteiger partial charge in [0.2, 0.25) is 0 Å². The number of rotatable bonds is 17. The molecular weight excluding hydrogens is 440 g/mol. The highest BCUT2D eigenvalue weighted by Crippen LogP contribution is 2.47. The van der Waals surface area contributed by atoms with Crippen LogP contribution in [0.2, 0.25) is 0 Å². The van der Waals surface area contributed by atoms with Gasteiger partial charge in [-0.3, -0.25) is 0 Å². The molecule has 5 heteroatoms. The molecule has 2 aliphatic heterocycles. The van der Waals surface area contributed by atoms with Gasteiger partial charge in [0.25, 0.3) is 0 Å². The molecule has 35 heavy (non-hydrogen) atoms. The topological polar surface area (TPSA) is 57.2 Å². The quantitative estimate of drug-likeness (QED) is 0.168. The summed E-state index contributed by atoms with van der Waals surface area (Å²) in [5, 5.41) is 10.6. The van der Waals surface area contributed by atoms with E-state index in [1.165, 1.54) is 64.2 Å². The highest BCUT2D eigenvalue weighted by molar-refractivity contribution is 5.09. The number of hydrogen-bond donors (Lipinski definition) is 1. The third kappa shape index (κ3) is 10.8. The van der Waals surface area contributed by atoms with Gasteiger partial charge in [-0.1, -0.05) is 64.0 Å². The van der Waals surface area contributed by atoms with Crippen LogP contribution < -0.4 is 0 Å². The van der Waals surface area contributed by atoms with Crippen LogP contribution in [-0.4, -0.2) is 49.7 Å². The van der Waals surface area contributed by atoms with Crippen molar-refractivity contribution in [3.05, 3.63) is 12.2 Å². The molecule has 0 aromatic carbocycles. The molecule has 5 nitrogen and oxygen atoms in total. The monoisotopic (exact) mass is 494 g/mol. The molecule has 0 aromatic rings. The predicted molar refractivity (Wildman–Crippen MR) is 141 cm³/mol. The molecule has 1 N–H and O–H groups in total. The average Bonchev–Trinajstić information content (AvgIpc) is 3.28. The fraction of sp³-hybridized carbons (Fsp3) is 0.933. The molecule has 1 aliphatic carbocycles. The van der Waals surface area contributed by atoms with Gasteiger partial charge in [0.15, 0.2) is 12.6 Å². The van der Waals surface area contributed by atoms with E-state index in [1.807, 2.05) is 0 Å². The van der Waals surface area contributed by atoms with Gasteiger partial charge in [0.1, 0.15) is 0 Å². The van der Waals surface area contributed by atoms with Gasteiger partial charge in [-0.15, -0.1) is 0 Å². The second-order valence-electron chi connectivity index (χ2n) is 11.2. The molecule has 5 atom stereocenters. The number of ether oxygens (including phenoxy) is 4. The van der Waals surface area contributed by atoms with Crippen LogP contribution in [0.5, 0.6) is 0 Å². The van der Waals surface area contributed by atoms with Gasteiger partial charge < -0.3 is 24.1 Å². The van der Waals surface area contributed by atoms with Crippen molar-refractivity contribution in [3.63, 3.8) is 0 Å². The van der Waals surface area contributed by atoms with Crippen molar-refractivity contribution in [2.45, 2.75) is 154 Å². The average molecular weight is 495 g/mol. The SMILES string of the molecule is CCCCCC(O)C=CC1(CCCCCCCOC2CCCCO2)CCCC1OC1CCCCO1. The fourth-order valence-electron chi connectivity index (χ4n) is 5.98. The molecule has 3 rings (SSSR count). The van der Waals surface area contributed by atoms with Crippen LogP contribution in [0, 0.1) is 5.41 Å². The van der Waals surface area contributed by atoms with Crippen molar-refractivity contribution in [1.29, 1.82) is 0 Å². The van der Waals surface area contributed by atoms with Crippen molar-refractivity contribution >= 4 is 0 Å². The van der Waals surface area contributed by atoms with Gasteiger partial charge in [0.05, 0.1) is 12.2 Å². The Hall–Kier alpha value is -0.460. The van der Waals surface area contributed by atoms with E-state index in [4.69, 9.17) is 18.9 Å². The summed E-state index contributed by atoms with van der Waals surface area (Å²) in [5.74, 6) is 0. The van der Waals surface area contributed by atoms with Crippen LogP contribution in [0.4, 0.5) is 0 Å². The Morgan fingerprint density at radius 3 is 2.34 bits per heavy atom. The summed E-state index contributed by atoms with van der Waals surface area (Å²) in [4.78, 5) is 0. The first kappa shape index (κ1) is 29.1. The van der Waals surface area contributed by atoms with E-state index >= 15 is 0 Å². The summed E-state index contributed by atoms with van der Waals surface area (Å²) in [6.45, 7) is 4.72. The van der Waals surface area contributed by atoms with E-state index < -0.39 is 0 Å². The first-order valence-corrected chi connectivity index (χ1v) is 15.1. The Kier molecular flexibility index (Phi) is 14.2. The molecule has 1 saturated carbocycles. The minimum Gasteiger partial charge on any atom is -0.389 e. The van der Waals surface area contributed by atoms with E-state index in [0.717, 1.165) is 77.6 Å². The number of aliphatic hydroxyl groups is 1. The molecule has 0 bridgehead atoms. The lowest BCUT2D eigenvalue weighted by Crippen LogP contribution is -2.36. The van der Waals surface area contributed by atoms with Crippen molar-refractivity contribution in [2.24, 2.45) is 5.41 Å². The summed E-state index contributed by atoms with van der Waals surface area (Å²) in [5.41, 5.74) is 0.0496. The van der Waals surface area contributed by atoms with E-state index in [1.54, 1.807) is 0 Å². The number of unbranched alkanes of at least 4 members (excludes halogenated alkanes) is 6. The van der Waals surface area contributed by atoms with Gasteiger partial charge in [0, 0.05) is 25.2 Å². The Morgan fingerprint density at radius 1 is 0.857 bits per heavy atom. The maximum absolute atomic E-state index is 10.6. The number of aliphatic hydroxyl groups excluding tert-OH is 1. The van der Waals surface area contributed by atoms with Crippen molar-refractivity contribution < 1.29 is 24.1 Å². The van der Waals surface area contributed by atoms with Gasteiger partial charge in [-0.05, 0) is 77.0 Å². The minimum absolute atomic E-state index is 0.0396. The standard InChI is InChI=1S/C30H54O5/c1-2-3-7-15-26(31)19-22-30(21-14-16-27(30)35-29-18-9-13-25-34-29)20-10-5-4-6-11-23-32-28-17-8-12-24-33-28/h19,22,26-29,31H,2-18,20-21,23-25H2,1H3. The third-order valence-electron chi connectivity index (χ3n) is 8.19. The highest BCUT2D eigenvalue weighted by atomic mass is 16.7. The second-order valence-corrected chi connectivity index (χ2v) is 11.2. The van der Waals surface area contributed by atoms with Crippen LogP contribution in [0.1, 0.15) is 129 Å². The van der Waals surface area contributed by atoms with Crippen molar-refractivity contribution in [1.82, 2.24) is 0 Å². The van der Waals surface area contributed by atoms with Crippen LogP contribution >= 0.6 is 0 Å². The van der Waals surface area contributed by atoms with Crippen LogP contribution in [0.25, 0.3) is 0 Å². The van der Waals surface area contributed by atoms with Gasteiger partial charge in [-0.25, -0.2) is 0 Å². The molecule has 2 saturated heterocycles. The Balaban J connectivity index is 1.42. The van der Waals surface area contributed by atoms with E-state index in [2.05, 4.69) is 19.1 Å². The molecule has 0 amide bonds. The Morgan fingerprint density at radius 2 is 1.60 bits per heavy atom. The Bertz CT molecular complexity index is 555. The smallest absolute Gasteiger partial charge is 0.157 e. The van der Waals surface area contributed by atoms with Crippen LogP contribution in [0.3, 0.4) is 0 Å². The second kappa shape index (κ2) is 17.1. The lowest BCUT2D eigenvalue weighted by Gasteiger charge is -2.36. The van der Waals surface area contributed by atoms with E-state index in [-0.39, 0.29) is 30.2 Å². The zero-order valence-corrected chi connectivity index (χ0v) is 22.6. The zero-order chi connectivity index (χ0) is 24.6. The summed E-state index contributed by atoms with van der Waals surface area (Å²) in [6, 6.07) is 0. The maximum atomic E-state index is 10.6. The lowest BCUT2D eigenvalue weighted by molar-refractivity contribution is -0.202. The lowest BCUT2D eigenvalue weighted by atomic mass is 9.78. The predicted octanol–water partition coefficient (Wildman–Crippen LogP) is 7.45. The molecule has 3 aliphatic rings. The zero-order valence-electron chi connectivity index (χ0n) is 22.6.